The van der Waals surface area contributed by atoms with Crippen molar-refractivity contribution in [2.24, 2.45) is 0 Å². The second kappa shape index (κ2) is 8.71. The molecule has 1 fully saturated rings. The number of nitrogens with zero attached hydrogens (tertiary/aromatic N) is 1. The van der Waals surface area contributed by atoms with E-state index in [1.165, 1.54) is 0 Å². The van der Waals surface area contributed by atoms with Gasteiger partial charge in [-0.2, -0.15) is 0 Å². The van der Waals surface area contributed by atoms with Crippen LogP contribution in [0, 0.1) is 13.8 Å². The first kappa shape index (κ1) is 21.4. The number of β-lactam (4-membered cyclic amide) rings is 1. The Labute approximate surface area is 188 Å². The number of carbonyl (C=O) groups excluding carboxylic acids is 2. The number of aryl methyl sites for hydroxylation is 2. The third kappa shape index (κ3) is 4.02. The average molecular weight is 427 g/mol. The van der Waals surface area contributed by atoms with Crippen molar-refractivity contribution in [3.63, 3.8) is 0 Å². The lowest BCUT2D eigenvalue weighted by Crippen LogP contribution is -2.68. The van der Waals surface area contributed by atoms with E-state index in [1.54, 1.807) is 36.3 Å². The van der Waals surface area contributed by atoms with Crippen molar-refractivity contribution in [2.45, 2.75) is 25.8 Å². The molecule has 1 atom stereocenters. The quantitative estimate of drug-likeness (QED) is 0.555. The molecule has 1 unspecified atom stereocenters. The first-order chi connectivity index (χ1) is 15.4. The van der Waals surface area contributed by atoms with Crippen LogP contribution in [0.2, 0.25) is 0 Å². The molecular formula is C27H26N2O3. The molecule has 1 aliphatic rings. The number of amides is 2. The summed E-state index contributed by atoms with van der Waals surface area (Å²) in [6.07, 6.45) is 3.82. The first-order valence-electron chi connectivity index (χ1n) is 10.5. The van der Waals surface area contributed by atoms with Crippen molar-refractivity contribution in [1.82, 2.24) is 0 Å². The predicted octanol–water partition coefficient (Wildman–Crippen LogP) is 5.14. The van der Waals surface area contributed by atoms with E-state index in [4.69, 9.17) is 4.74 Å². The highest BCUT2D eigenvalue weighted by atomic mass is 16.5. The van der Waals surface area contributed by atoms with Crippen molar-refractivity contribution in [2.75, 3.05) is 17.3 Å². The van der Waals surface area contributed by atoms with Gasteiger partial charge in [-0.3, -0.25) is 14.5 Å². The van der Waals surface area contributed by atoms with Gasteiger partial charge in [0.05, 0.1) is 13.5 Å². The molecule has 0 aliphatic carbocycles. The Bertz CT molecular complexity index is 1170. The van der Waals surface area contributed by atoms with Crippen LogP contribution in [0.5, 0.6) is 5.75 Å². The molecule has 1 N–H and O–H groups in total. The number of nitrogens with one attached hydrogen (secondary N) is 1. The molecule has 4 rings (SSSR count). The van der Waals surface area contributed by atoms with Crippen molar-refractivity contribution in [3.8, 4) is 5.75 Å². The number of hydrogen-bond donors (Lipinski definition) is 1. The standard InChI is InChI=1S/C27H26N2O3/c1-19-9-10-20(2)24(17-19)28-26(31)27(16-15-21-7-5-4-6-8-21)18-25(30)29(27)22-11-13-23(32-3)14-12-22/h4-17H,18H2,1-3H3,(H,28,31)/b16-15+. The van der Waals surface area contributed by atoms with Gasteiger partial charge >= 0.3 is 0 Å². The second-order valence-corrected chi connectivity index (χ2v) is 8.04. The van der Waals surface area contributed by atoms with E-state index < -0.39 is 5.54 Å². The topological polar surface area (TPSA) is 58.6 Å². The van der Waals surface area contributed by atoms with Gasteiger partial charge in [-0.05, 0) is 66.9 Å². The van der Waals surface area contributed by atoms with Crippen LogP contribution in [0.25, 0.3) is 6.08 Å². The summed E-state index contributed by atoms with van der Waals surface area (Å²) >= 11 is 0. The maximum Gasteiger partial charge on any atom is 0.255 e. The highest BCUT2D eigenvalue weighted by Gasteiger charge is 2.55. The molecule has 1 aliphatic heterocycles. The maximum absolute atomic E-state index is 13.7. The number of hydrogen-bond acceptors (Lipinski definition) is 3. The Balaban J connectivity index is 1.74. The average Bonchev–Trinajstić information content (AvgIpc) is 2.80. The third-order valence-electron chi connectivity index (χ3n) is 5.79. The van der Waals surface area contributed by atoms with E-state index in [2.05, 4.69) is 5.32 Å². The van der Waals surface area contributed by atoms with Crippen LogP contribution in [0.15, 0.2) is 78.9 Å². The van der Waals surface area contributed by atoms with Crippen LogP contribution in [0.1, 0.15) is 23.1 Å². The fourth-order valence-corrected chi connectivity index (χ4v) is 3.92. The third-order valence-corrected chi connectivity index (χ3v) is 5.79. The van der Waals surface area contributed by atoms with E-state index in [0.29, 0.717) is 11.4 Å². The summed E-state index contributed by atoms with van der Waals surface area (Å²) < 4.78 is 5.24. The molecule has 0 radical (unpaired) electrons. The number of ether oxygens (including phenoxy) is 1. The van der Waals surface area contributed by atoms with E-state index in [0.717, 1.165) is 22.4 Å². The maximum atomic E-state index is 13.7. The molecule has 3 aromatic carbocycles. The van der Waals surface area contributed by atoms with E-state index in [-0.39, 0.29) is 18.2 Å². The van der Waals surface area contributed by atoms with Gasteiger partial charge in [-0.15, -0.1) is 0 Å². The van der Waals surface area contributed by atoms with Crippen molar-refractivity contribution < 1.29 is 14.3 Å². The first-order valence-corrected chi connectivity index (χ1v) is 10.5. The molecule has 5 heteroatoms. The van der Waals surface area contributed by atoms with Crippen LogP contribution in [-0.2, 0) is 9.59 Å². The summed E-state index contributed by atoms with van der Waals surface area (Å²) in [5, 5.41) is 3.06. The minimum atomic E-state index is -1.13. The molecular weight excluding hydrogens is 400 g/mol. The minimum absolute atomic E-state index is 0.0963. The molecule has 0 bridgehead atoms. The number of anilines is 2. The van der Waals surface area contributed by atoms with Crippen LogP contribution in [-0.4, -0.2) is 24.5 Å². The SMILES string of the molecule is COc1ccc(N2C(=O)CC2(/C=C/c2ccccc2)C(=O)Nc2cc(C)ccc2C)cc1. The molecule has 1 saturated heterocycles. The van der Waals surface area contributed by atoms with Crippen LogP contribution in [0.3, 0.4) is 0 Å². The molecule has 0 saturated carbocycles. The van der Waals surface area contributed by atoms with Crippen molar-refractivity contribution >= 4 is 29.3 Å². The van der Waals surface area contributed by atoms with E-state index in [9.17, 15) is 9.59 Å². The zero-order valence-electron chi connectivity index (χ0n) is 18.5. The Kier molecular flexibility index (Phi) is 5.82. The van der Waals surface area contributed by atoms with Gasteiger partial charge in [-0.1, -0.05) is 48.5 Å². The lowest BCUT2D eigenvalue weighted by atomic mass is 9.81. The van der Waals surface area contributed by atoms with Crippen molar-refractivity contribution in [3.05, 3.63) is 95.6 Å². The summed E-state index contributed by atoms with van der Waals surface area (Å²) in [6, 6.07) is 22.8. The highest BCUT2D eigenvalue weighted by Crippen LogP contribution is 2.40. The summed E-state index contributed by atoms with van der Waals surface area (Å²) in [6.45, 7) is 3.94. The van der Waals surface area contributed by atoms with Crippen molar-refractivity contribution in [1.29, 1.82) is 0 Å². The molecule has 5 nitrogen and oxygen atoms in total. The Morgan fingerprint density at radius 1 is 1.03 bits per heavy atom. The van der Waals surface area contributed by atoms with Gasteiger partial charge in [0.15, 0.2) is 5.54 Å². The van der Waals surface area contributed by atoms with E-state index in [1.807, 2.05) is 74.5 Å². The van der Waals surface area contributed by atoms with Gasteiger partial charge in [-0.25, -0.2) is 0 Å². The summed E-state index contributed by atoms with van der Waals surface area (Å²) in [5.41, 5.74) is 3.25. The van der Waals surface area contributed by atoms with Crippen LogP contribution < -0.4 is 15.0 Å². The number of carbonyl (C=O) groups is 2. The van der Waals surface area contributed by atoms with Gasteiger partial charge in [0.1, 0.15) is 5.75 Å². The lowest BCUT2D eigenvalue weighted by Gasteiger charge is -2.48. The zero-order chi connectivity index (χ0) is 22.7. The van der Waals surface area contributed by atoms with Gasteiger partial charge < -0.3 is 10.1 Å². The van der Waals surface area contributed by atoms with Gasteiger partial charge in [0.25, 0.3) is 5.91 Å². The zero-order valence-corrected chi connectivity index (χ0v) is 18.5. The number of methoxy groups -OCH3 is 1. The highest BCUT2D eigenvalue weighted by molar-refractivity contribution is 6.18. The summed E-state index contributed by atoms with van der Waals surface area (Å²) in [7, 11) is 1.59. The fourth-order valence-electron chi connectivity index (χ4n) is 3.92. The van der Waals surface area contributed by atoms with Gasteiger partial charge in [0.2, 0.25) is 5.91 Å². The Hall–Kier alpha value is -3.86. The molecule has 3 aromatic rings. The van der Waals surface area contributed by atoms with Crippen LogP contribution >= 0.6 is 0 Å². The molecule has 0 aromatic heterocycles. The predicted molar refractivity (Wildman–Crippen MR) is 128 cm³/mol. The minimum Gasteiger partial charge on any atom is -0.497 e. The number of benzene rings is 3. The monoisotopic (exact) mass is 426 g/mol. The number of rotatable bonds is 6. The Morgan fingerprint density at radius 2 is 1.75 bits per heavy atom. The molecule has 162 valence electrons. The smallest absolute Gasteiger partial charge is 0.255 e. The molecule has 1 heterocycles. The normalized spacial score (nSPS) is 17.8. The molecule has 0 spiro atoms. The molecule has 32 heavy (non-hydrogen) atoms. The summed E-state index contributed by atoms with van der Waals surface area (Å²) in [4.78, 5) is 28.0. The second-order valence-electron chi connectivity index (χ2n) is 8.04. The largest absolute Gasteiger partial charge is 0.497 e. The van der Waals surface area contributed by atoms with E-state index >= 15 is 0 Å². The van der Waals surface area contributed by atoms with Gasteiger partial charge in [0, 0.05) is 11.4 Å². The molecule has 2 amide bonds. The lowest BCUT2D eigenvalue weighted by molar-refractivity contribution is -0.134. The fraction of sp³-hybridized carbons (Fsp3) is 0.185. The van der Waals surface area contributed by atoms with Crippen LogP contribution in [0.4, 0.5) is 11.4 Å². The summed E-state index contributed by atoms with van der Waals surface area (Å²) in [5.74, 6) is 0.338. The Morgan fingerprint density at radius 3 is 2.41 bits per heavy atom.